The second kappa shape index (κ2) is 6.77. The van der Waals surface area contributed by atoms with Gasteiger partial charge in [0.05, 0.1) is 0 Å². The van der Waals surface area contributed by atoms with E-state index >= 15 is 0 Å². The van der Waals surface area contributed by atoms with E-state index in [9.17, 15) is 9.59 Å². The van der Waals surface area contributed by atoms with E-state index in [0.29, 0.717) is 24.2 Å². The summed E-state index contributed by atoms with van der Waals surface area (Å²) in [6.07, 6.45) is 6.29. The van der Waals surface area contributed by atoms with Crippen LogP contribution in [0.5, 0.6) is 0 Å². The van der Waals surface area contributed by atoms with E-state index < -0.39 is 0 Å². The minimum Gasteiger partial charge on any atom is -0.339 e. The van der Waals surface area contributed by atoms with Gasteiger partial charge in [0.25, 0.3) is 0 Å². The van der Waals surface area contributed by atoms with Gasteiger partial charge in [-0.15, -0.1) is 0 Å². The molecule has 2 aliphatic heterocycles. The van der Waals surface area contributed by atoms with Crippen molar-refractivity contribution >= 4 is 11.8 Å². The first-order valence-corrected chi connectivity index (χ1v) is 8.51. The highest BCUT2D eigenvalue weighted by molar-refractivity contribution is 5.81. The number of rotatable bonds is 4. The Kier molecular flexibility index (Phi) is 4.78. The second-order valence-corrected chi connectivity index (χ2v) is 6.73. The summed E-state index contributed by atoms with van der Waals surface area (Å²) in [6.45, 7) is 5.09. The minimum atomic E-state index is 0.277. The third-order valence-corrected chi connectivity index (χ3v) is 5.04. The highest BCUT2D eigenvalue weighted by atomic mass is 16.2. The summed E-state index contributed by atoms with van der Waals surface area (Å²) in [7, 11) is 0. The van der Waals surface area contributed by atoms with Crippen molar-refractivity contribution in [1.29, 1.82) is 0 Å². The van der Waals surface area contributed by atoms with E-state index in [2.05, 4.69) is 5.32 Å². The second-order valence-electron chi connectivity index (χ2n) is 6.73. The van der Waals surface area contributed by atoms with Crippen molar-refractivity contribution in [1.82, 2.24) is 15.1 Å². The Balaban J connectivity index is 1.37. The number of hydrogen-bond donors (Lipinski definition) is 1. The fourth-order valence-corrected chi connectivity index (χ4v) is 3.42. The number of hydrogen-bond acceptors (Lipinski definition) is 3. The lowest BCUT2D eigenvalue weighted by molar-refractivity contribution is -0.140. The zero-order valence-corrected chi connectivity index (χ0v) is 12.9. The molecule has 3 aliphatic rings. The summed E-state index contributed by atoms with van der Waals surface area (Å²) in [5, 5.41) is 3.40. The van der Waals surface area contributed by atoms with E-state index in [4.69, 9.17) is 0 Å². The van der Waals surface area contributed by atoms with Gasteiger partial charge in [-0.3, -0.25) is 9.59 Å². The van der Waals surface area contributed by atoms with Gasteiger partial charge in [-0.2, -0.15) is 0 Å². The van der Waals surface area contributed by atoms with Gasteiger partial charge >= 0.3 is 0 Å². The van der Waals surface area contributed by atoms with Gasteiger partial charge in [0, 0.05) is 38.5 Å². The molecular formula is C16H27N3O2. The van der Waals surface area contributed by atoms with Gasteiger partial charge in [0.2, 0.25) is 11.8 Å². The monoisotopic (exact) mass is 293 g/mol. The van der Waals surface area contributed by atoms with E-state index in [1.165, 1.54) is 12.8 Å². The van der Waals surface area contributed by atoms with Crippen LogP contribution in [0.25, 0.3) is 0 Å². The van der Waals surface area contributed by atoms with Crippen LogP contribution in [-0.2, 0) is 9.59 Å². The van der Waals surface area contributed by atoms with Crippen LogP contribution in [0.2, 0.25) is 0 Å². The summed E-state index contributed by atoms with van der Waals surface area (Å²) in [4.78, 5) is 28.2. The summed E-state index contributed by atoms with van der Waals surface area (Å²) in [5.74, 6) is 1.56. The van der Waals surface area contributed by atoms with Crippen LogP contribution >= 0.6 is 0 Å². The van der Waals surface area contributed by atoms with E-state index in [-0.39, 0.29) is 5.91 Å². The number of carbonyl (C=O) groups excluding carboxylic acids is 2. The Morgan fingerprint density at radius 1 is 1.00 bits per heavy atom. The third kappa shape index (κ3) is 3.96. The molecule has 0 aromatic heterocycles. The molecule has 3 rings (SSSR count). The fourth-order valence-electron chi connectivity index (χ4n) is 3.42. The first kappa shape index (κ1) is 14.8. The largest absolute Gasteiger partial charge is 0.339 e. The van der Waals surface area contributed by atoms with Crippen molar-refractivity contribution in [3.8, 4) is 0 Å². The summed E-state index contributed by atoms with van der Waals surface area (Å²) >= 11 is 0. The zero-order chi connectivity index (χ0) is 14.7. The maximum atomic E-state index is 12.3. The molecule has 0 bridgehead atoms. The smallest absolute Gasteiger partial charge is 0.225 e. The molecule has 2 heterocycles. The molecule has 0 aromatic carbocycles. The van der Waals surface area contributed by atoms with Crippen molar-refractivity contribution in [3.63, 3.8) is 0 Å². The predicted octanol–water partition coefficient (Wildman–Crippen LogP) is 0.847. The van der Waals surface area contributed by atoms with Crippen molar-refractivity contribution < 1.29 is 9.59 Å². The number of piperazine rings is 1. The first-order valence-electron chi connectivity index (χ1n) is 8.51. The first-order chi connectivity index (χ1) is 10.2. The number of nitrogens with one attached hydrogen (secondary N) is 1. The van der Waals surface area contributed by atoms with Gasteiger partial charge in [0.15, 0.2) is 0 Å². The highest BCUT2D eigenvalue weighted by Crippen LogP contribution is 2.31. The van der Waals surface area contributed by atoms with Gasteiger partial charge in [-0.1, -0.05) is 0 Å². The number of piperidine rings is 1. The third-order valence-electron chi connectivity index (χ3n) is 5.04. The van der Waals surface area contributed by atoms with Crippen molar-refractivity contribution in [3.05, 3.63) is 0 Å². The van der Waals surface area contributed by atoms with Gasteiger partial charge < -0.3 is 15.1 Å². The molecule has 5 heteroatoms. The normalized spacial score (nSPS) is 26.8. The average molecular weight is 293 g/mol. The van der Waals surface area contributed by atoms with Crippen LogP contribution in [0.4, 0.5) is 0 Å². The van der Waals surface area contributed by atoms with E-state index in [1.54, 1.807) is 0 Å². The van der Waals surface area contributed by atoms with Gasteiger partial charge in [-0.05, 0) is 51.1 Å². The SMILES string of the molecule is O=C(CCC1CCCNC1)N1CCN(C(=O)C2CC2)CC1. The molecule has 3 fully saturated rings. The van der Waals surface area contributed by atoms with Crippen LogP contribution in [-0.4, -0.2) is 60.9 Å². The molecular weight excluding hydrogens is 266 g/mol. The molecule has 0 radical (unpaired) electrons. The van der Waals surface area contributed by atoms with Crippen molar-refractivity contribution in [2.24, 2.45) is 11.8 Å². The molecule has 1 saturated carbocycles. The molecule has 2 amide bonds. The Morgan fingerprint density at radius 2 is 1.71 bits per heavy atom. The van der Waals surface area contributed by atoms with Crippen LogP contribution in [0.3, 0.4) is 0 Å². The van der Waals surface area contributed by atoms with E-state index in [1.807, 2.05) is 9.80 Å². The van der Waals surface area contributed by atoms with Crippen LogP contribution in [0, 0.1) is 11.8 Å². The van der Waals surface area contributed by atoms with Crippen molar-refractivity contribution in [2.75, 3.05) is 39.3 Å². The minimum absolute atomic E-state index is 0.277. The predicted molar refractivity (Wildman–Crippen MR) is 80.7 cm³/mol. The van der Waals surface area contributed by atoms with Crippen molar-refractivity contribution in [2.45, 2.75) is 38.5 Å². The molecule has 118 valence electrons. The molecule has 1 atom stereocenters. The van der Waals surface area contributed by atoms with Gasteiger partial charge in [-0.25, -0.2) is 0 Å². The Bertz CT molecular complexity index is 381. The number of amides is 2. The topological polar surface area (TPSA) is 52.7 Å². The maximum Gasteiger partial charge on any atom is 0.225 e. The average Bonchev–Trinajstić information content (AvgIpc) is 3.38. The molecule has 21 heavy (non-hydrogen) atoms. The summed E-state index contributed by atoms with van der Waals surface area (Å²) in [6, 6.07) is 0. The maximum absolute atomic E-state index is 12.3. The molecule has 2 saturated heterocycles. The molecule has 0 aromatic rings. The number of carbonyl (C=O) groups is 2. The lowest BCUT2D eigenvalue weighted by Crippen LogP contribution is -2.51. The van der Waals surface area contributed by atoms with Crippen LogP contribution < -0.4 is 5.32 Å². The Morgan fingerprint density at radius 3 is 2.33 bits per heavy atom. The summed E-state index contributed by atoms with van der Waals surface area (Å²) in [5.41, 5.74) is 0. The Hall–Kier alpha value is -1.10. The van der Waals surface area contributed by atoms with E-state index in [0.717, 1.165) is 58.5 Å². The fraction of sp³-hybridized carbons (Fsp3) is 0.875. The molecule has 5 nitrogen and oxygen atoms in total. The van der Waals surface area contributed by atoms with Crippen LogP contribution in [0.1, 0.15) is 38.5 Å². The van der Waals surface area contributed by atoms with Gasteiger partial charge in [0.1, 0.15) is 0 Å². The Labute approximate surface area is 127 Å². The molecule has 0 spiro atoms. The lowest BCUT2D eigenvalue weighted by atomic mass is 9.94. The quantitative estimate of drug-likeness (QED) is 0.836. The van der Waals surface area contributed by atoms with Crippen LogP contribution in [0.15, 0.2) is 0 Å². The molecule has 1 unspecified atom stereocenters. The highest BCUT2D eigenvalue weighted by Gasteiger charge is 2.35. The summed E-state index contributed by atoms with van der Waals surface area (Å²) < 4.78 is 0. The zero-order valence-electron chi connectivity index (χ0n) is 12.9. The standard InChI is InChI=1S/C16H27N3O2/c20-15(6-3-13-2-1-7-17-12-13)18-8-10-19(11-9-18)16(21)14-4-5-14/h13-14,17H,1-12H2. The number of nitrogens with zero attached hydrogens (tertiary/aromatic N) is 2. The molecule has 1 aliphatic carbocycles. The molecule has 1 N–H and O–H groups in total. The lowest BCUT2D eigenvalue weighted by Gasteiger charge is -2.35.